The van der Waals surface area contributed by atoms with Crippen LogP contribution in [0.3, 0.4) is 0 Å². The van der Waals surface area contributed by atoms with Crippen molar-refractivity contribution in [1.82, 2.24) is 5.32 Å². The summed E-state index contributed by atoms with van der Waals surface area (Å²) in [6, 6.07) is 5.62. The molecular formula is C18H31N3O3. The quantitative estimate of drug-likeness (QED) is 0.477. The Kier molecular flexibility index (Phi) is 8.40. The fraction of sp³-hybridized carbons (Fsp3) is 0.611. The number of aliphatic hydroxyl groups excluding tert-OH is 1. The van der Waals surface area contributed by atoms with E-state index in [-0.39, 0.29) is 12.0 Å². The highest BCUT2D eigenvalue weighted by Gasteiger charge is 2.25. The molecule has 3 N–H and O–H groups in total. The molecule has 1 aromatic carbocycles. The molecule has 0 unspecified atom stereocenters. The molecule has 136 valence electrons. The van der Waals surface area contributed by atoms with Crippen LogP contribution < -0.4 is 20.1 Å². The molecule has 0 bridgehead atoms. The number of ether oxygens (including phenoxy) is 2. The lowest BCUT2D eigenvalue weighted by Gasteiger charge is -2.27. The lowest BCUT2D eigenvalue weighted by atomic mass is 9.83. The van der Waals surface area contributed by atoms with Crippen LogP contribution in [0.15, 0.2) is 23.2 Å². The summed E-state index contributed by atoms with van der Waals surface area (Å²) in [4.78, 5) is 4.65. The number of nitrogens with zero attached hydrogens (tertiary/aromatic N) is 1. The fourth-order valence-corrected chi connectivity index (χ4v) is 2.35. The number of aliphatic imine (C=N–C) groups is 1. The van der Waals surface area contributed by atoms with E-state index in [1.54, 1.807) is 14.2 Å². The average molecular weight is 337 g/mol. The zero-order chi connectivity index (χ0) is 18.0. The van der Waals surface area contributed by atoms with Gasteiger partial charge in [-0.25, -0.2) is 0 Å². The van der Waals surface area contributed by atoms with Gasteiger partial charge in [0, 0.05) is 23.7 Å². The summed E-state index contributed by atoms with van der Waals surface area (Å²) in [6.45, 7) is 7.65. The number of guanidine groups is 1. The summed E-state index contributed by atoms with van der Waals surface area (Å²) in [5.41, 5.74) is 0.690. The SMILES string of the molecule is CCNC(=NCC(CC)(CC)CO)Nc1ccc(OC)c(OC)c1. The van der Waals surface area contributed by atoms with E-state index in [0.29, 0.717) is 24.0 Å². The van der Waals surface area contributed by atoms with Crippen LogP contribution in [0.25, 0.3) is 0 Å². The summed E-state index contributed by atoms with van der Waals surface area (Å²) in [5, 5.41) is 16.2. The van der Waals surface area contributed by atoms with Crippen LogP contribution in [-0.2, 0) is 0 Å². The molecule has 1 aromatic rings. The Hall–Kier alpha value is -1.95. The highest BCUT2D eigenvalue weighted by Crippen LogP contribution is 2.30. The topological polar surface area (TPSA) is 75.1 Å². The molecule has 0 saturated heterocycles. The second kappa shape index (κ2) is 10.0. The molecule has 0 saturated carbocycles. The monoisotopic (exact) mass is 337 g/mol. The highest BCUT2D eigenvalue weighted by atomic mass is 16.5. The van der Waals surface area contributed by atoms with Gasteiger partial charge in [0.05, 0.1) is 27.4 Å². The largest absolute Gasteiger partial charge is 0.493 e. The van der Waals surface area contributed by atoms with Gasteiger partial charge in [0.25, 0.3) is 0 Å². The van der Waals surface area contributed by atoms with E-state index in [2.05, 4.69) is 29.5 Å². The molecule has 6 nitrogen and oxygen atoms in total. The van der Waals surface area contributed by atoms with Crippen molar-refractivity contribution in [2.75, 3.05) is 39.2 Å². The summed E-state index contributed by atoms with van der Waals surface area (Å²) >= 11 is 0. The third kappa shape index (κ3) is 5.30. The second-order valence-electron chi connectivity index (χ2n) is 5.76. The molecular weight excluding hydrogens is 306 g/mol. The van der Waals surface area contributed by atoms with Crippen LogP contribution in [0.2, 0.25) is 0 Å². The molecule has 24 heavy (non-hydrogen) atoms. The lowest BCUT2D eigenvalue weighted by Crippen LogP contribution is -2.34. The maximum Gasteiger partial charge on any atom is 0.195 e. The van der Waals surface area contributed by atoms with Gasteiger partial charge in [-0.1, -0.05) is 13.8 Å². The van der Waals surface area contributed by atoms with Gasteiger partial charge in [-0.05, 0) is 31.9 Å². The van der Waals surface area contributed by atoms with Crippen molar-refractivity contribution in [2.45, 2.75) is 33.6 Å². The van der Waals surface area contributed by atoms with E-state index in [1.165, 1.54) is 0 Å². The number of hydrogen-bond acceptors (Lipinski definition) is 4. The first kappa shape index (κ1) is 20.1. The Bertz CT molecular complexity index is 520. The van der Waals surface area contributed by atoms with E-state index >= 15 is 0 Å². The maximum absolute atomic E-state index is 9.69. The van der Waals surface area contributed by atoms with Crippen LogP contribution in [0.4, 0.5) is 5.69 Å². The van der Waals surface area contributed by atoms with Crippen LogP contribution >= 0.6 is 0 Å². The Morgan fingerprint density at radius 3 is 2.29 bits per heavy atom. The first-order valence-electron chi connectivity index (χ1n) is 8.46. The molecule has 0 aliphatic rings. The smallest absolute Gasteiger partial charge is 0.195 e. The van der Waals surface area contributed by atoms with Crippen molar-refractivity contribution in [3.8, 4) is 11.5 Å². The first-order valence-corrected chi connectivity index (χ1v) is 8.46. The van der Waals surface area contributed by atoms with Gasteiger partial charge in [-0.3, -0.25) is 4.99 Å². The van der Waals surface area contributed by atoms with Gasteiger partial charge in [-0.2, -0.15) is 0 Å². The Morgan fingerprint density at radius 1 is 1.12 bits per heavy atom. The van der Waals surface area contributed by atoms with Crippen molar-refractivity contribution in [3.63, 3.8) is 0 Å². The molecule has 0 amide bonds. The van der Waals surface area contributed by atoms with Crippen LogP contribution in [-0.4, -0.2) is 45.0 Å². The molecule has 1 rings (SSSR count). The van der Waals surface area contributed by atoms with E-state index < -0.39 is 0 Å². The molecule has 0 atom stereocenters. The first-order chi connectivity index (χ1) is 11.6. The van der Waals surface area contributed by atoms with Crippen molar-refractivity contribution in [2.24, 2.45) is 10.4 Å². The predicted octanol–water partition coefficient (Wildman–Crippen LogP) is 2.88. The van der Waals surface area contributed by atoms with Crippen LogP contribution in [0.1, 0.15) is 33.6 Å². The second-order valence-corrected chi connectivity index (χ2v) is 5.76. The summed E-state index contributed by atoms with van der Waals surface area (Å²) in [5.74, 6) is 2.02. The van der Waals surface area contributed by atoms with Gasteiger partial charge < -0.3 is 25.2 Å². The van der Waals surface area contributed by atoms with Crippen molar-refractivity contribution >= 4 is 11.6 Å². The van der Waals surface area contributed by atoms with E-state index in [0.717, 1.165) is 25.1 Å². The van der Waals surface area contributed by atoms with Gasteiger partial charge in [0.1, 0.15) is 0 Å². The van der Waals surface area contributed by atoms with Crippen LogP contribution in [0, 0.1) is 5.41 Å². The van der Waals surface area contributed by atoms with E-state index in [4.69, 9.17) is 9.47 Å². The molecule has 0 heterocycles. The minimum absolute atomic E-state index is 0.138. The van der Waals surface area contributed by atoms with Crippen molar-refractivity contribution in [1.29, 1.82) is 0 Å². The Morgan fingerprint density at radius 2 is 1.79 bits per heavy atom. The Balaban J connectivity index is 2.95. The number of anilines is 1. The zero-order valence-corrected chi connectivity index (χ0v) is 15.5. The van der Waals surface area contributed by atoms with Gasteiger partial charge in [0.2, 0.25) is 0 Å². The van der Waals surface area contributed by atoms with Gasteiger partial charge >= 0.3 is 0 Å². The number of methoxy groups -OCH3 is 2. The summed E-state index contributed by atoms with van der Waals surface area (Å²) in [7, 11) is 3.22. The summed E-state index contributed by atoms with van der Waals surface area (Å²) in [6.07, 6.45) is 1.78. The van der Waals surface area contributed by atoms with Crippen molar-refractivity contribution < 1.29 is 14.6 Å². The fourth-order valence-electron chi connectivity index (χ4n) is 2.35. The van der Waals surface area contributed by atoms with Crippen LogP contribution in [0.5, 0.6) is 11.5 Å². The average Bonchev–Trinajstić information content (AvgIpc) is 2.63. The number of aliphatic hydroxyl groups is 1. The highest BCUT2D eigenvalue weighted by molar-refractivity contribution is 5.93. The number of rotatable bonds is 9. The lowest BCUT2D eigenvalue weighted by molar-refractivity contribution is 0.123. The third-order valence-electron chi connectivity index (χ3n) is 4.40. The molecule has 0 aliphatic carbocycles. The molecule has 0 fully saturated rings. The number of hydrogen-bond donors (Lipinski definition) is 3. The van der Waals surface area contributed by atoms with Gasteiger partial charge in [0.15, 0.2) is 17.5 Å². The predicted molar refractivity (Wildman–Crippen MR) is 99.2 cm³/mol. The third-order valence-corrected chi connectivity index (χ3v) is 4.40. The number of nitrogens with one attached hydrogen (secondary N) is 2. The van der Waals surface area contributed by atoms with E-state index in [9.17, 15) is 5.11 Å². The maximum atomic E-state index is 9.69. The van der Waals surface area contributed by atoms with Crippen molar-refractivity contribution in [3.05, 3.63) is 18.2 Å². The molecule has 0 aliphatic heterocycles. The number of benzene rings is 1. The van der Waals surface area contributed by atoms with Gasteiger partial charge in [-0.15, -0.1) is 0 Å². The minimum Gasteiger partial charge on any atom is -0.493 e. The molecule has 0 aromatic heterocycles. The Labute approximate surface area is 145 Å². The normalized spacial score (nSPS) is 12.0. The summed E-state index contributed by atoms with van der Waals surface area (Å²) < 4.78 is 10.6. The molecule has 0 radical (unpaired) electrons. The zero-order valence-electron chi connectivity index (χ0n) is 15.5. The molecule has 6 heteroatoms. The molecule has 0 spiro atoms. The standard InChI is InChI=1S/C18H31N3O3/c1-6-18(7-2,13-22)12-20-17(19-8-3)21-14-9-10-15(23-4)16(11-14)24-5/h9-11,22H,6-8,12-13H2,1-5H3,(H2,19,20,21). The minimum atomic E-state index is -0.167. The van der Waals surface area contributed by atoms with E-state index in [1.807, 2.05) is 25.1 Å².